The number of amides is 1. The Balaban J connectivity index is 1.96. The zero-order valence-corrected chi connectivity index (χ0v) is 17.0. The van der Waals surface area contributed by atoms with Crippen molar-refractivity contribution in [3.63, 3.8) is 0 Å². The second kappa shape index (κ2) is 9.62. The van der Waals surface area contributed by atoms with Crippen LogP contribution in [0.2, 0.25) is 0 Å². The first-order valence-electron chi connectivity index (χ1n) is 8.86. The van der Waals surface area contributed by atoms with E-state index in [1.807, 2.05) is 29.2 Å². The Morgan fingerprint density at radius 1 is 1.15 bits per heavy atom. The van der Waals surface area contributed by atoms with Gasteiger partial charge in [-0.2, -0.15) is 0 Å². The maximum absolute atomic E-state index is 12.6. The molecule has 1 aromatic carbocycles. The molecule has 26 heavy (non-hydrogen) atoms. The van der Waals surface area contributed by atoms with E-state index in [0.29, 0.717) is 28.6 Å². The van der Waals surface area contributed by atoms with Crippen LogP contribution in [0.25, 0.3) is 11.4 Å². The number of methoxy groups -OCH3 is 1. The predicted molar refractivity (Wildman–Crippen MR) is 105 cm³/mol. The van der Waals surface area contributed by atoms with Crippen molar-refractivity contribution in [3.8, 4) is 17.1 Å². The molecule has 2 aromatic rings. The molecule has 2 rings (SSSR count). The average molecular weight is 377 g/mol. The third-order valence-corrected chi connectivity index (χ3v) is 4.51. The highest BCUT2D eigenvalue weighted by atomic mass is 32.2. The van der Waals surface area contributed by atoms with Gasteiger partial charge in [-0.1, -0.05) is 39.5 Å². The highest BCUT2D eigenvalue weighted by Gasteiger charge is 2.17. The van der Waals surface area contributed by atoms with Gasteiger partial charge in [0.15, 0.2) is 5.82 Å². The number of benzene rings is 1. The zero-order chi connectivity index (χ0) is 19.1. The van der Waals surface area contributed by atoms with Crippen molar-refractivity contribution in [2.24, 2.45) is 11.8 Å². The van der Waals surface area contributed by atoms with Crippen LogP contribution >= 0.6 is 11.8 Å². The molecule has 1 N–H and O–H groups in total. The average Bonchev–Trinajstić information content (AvgIpc) is 3.07. The number of nitrogens with one attached hydrogen (secondary N) is 1. The number of nitrogens with zero attached hydrogens (tertiary/aromatic N) is 3. The molecular weight excluding hydrogens is 348 g/mol. The third kappa shape index (κ3) is 6.05. The highest BCUT2D eigenvalue weighted by molar-refractivity contribution is 7.99. The molecular formula is C19H28N4O2S. The van der Waals surface area contributed by atoms with Gasteiger partial charge in [-0.15, -0.1) is 5.10 Å². The van der Waals surface area contributed by atoms with Crippen molar-refractivity contribution in [3.05, 3.63) is 24.3 Å². The van der Waals surface area contributed by atoms with E-state index in [-0.39, 0.29) is 5.91 Å². The van der Waals surface area contributed by atoms with Gasteiger partial charge in [-0.25, -0.2) is 4.98 Å². The number of ether oxygens (including phenoxy) is 1. The van der Waals surface area contributed by atoms with Gasteiger partial charge in [-0.3, -0.25) is 9.89 Å². The SMILES string of the molecule is COc1ccc(-c2nc(SCC(=O)N(CC(C)C)CC(C)C)n[nH]2)cc1. The van der Waals surface area contributed by atoms with Crippen LogP contribution in [0.4, 0.5) is 0 Å². The fraction of sp³-hybridized carbons (Fsp3) is 0.526. The molecule has 142 valence electrons. The molecule has 6 nitrogen and oxygen atoms in total. The van der Waals surface area contributed by atoms with E-state index in [1.165, 1.54) is 11.8 Å². The lowest BCUT2D eigenvalue weighted by Crippen LogP contribution is -2.38. The Hall–Kier alpha value is -2.02. The van der Waals surface area contributed by atoms with E-state index in [4.69, 9.17) is 4.74 Å². The number of hydrogen-bond donors (Lipinski definition) is 1. The zero-order valence-electron chi connectivity index (χ0n) is 16.2. The summed E-state index contributed by atoms with van der Waals surface area (Å²) in [6.07, 6.45) is 0. The standard InChI is InChI=1S/C19H28N4O2S/c1-13(2)10-23(11-14(3)4)17(24)12-26-19-20-18(21-22-19)15-6-8-16(25-5)9-7-15/h6-9,13-14H,10-12H2,1-5H3,(H,20,21,22). The van der Waals surface area contributed by atoms with E-state index in [1.54, 1.807) is 7.11 Å². The van der Waals surface area contributed by atoms with E-state index >= 15 is 0 Å². The van der Waals surface area contributed by atoms with Crippen LogP contribution < -0.4 is 4.74 Å². The monoisotopic (exact) mass is 376 g/mol. The lowest BCUT2D eigenvalue weighted by Gasteiger charge is -2.26. The minimum atomic E-state index is 0.133. The summed E-state index contributed by atoms with van der Waals surface area (Å²) in [6.45, 7) is 10.1. The smallest absolute Gasteiger partial charge is 0.233 e. The summed E-state index contributed by atoms with van der Waals surface area (Å²) in [7, 11) is 1.64. The highest BCUT2D eigenvalue weighted by Crippen LogP contribution is 2.22. The van der Waals surface area contributed by atoms with Crippen LogP contribution in [0, 0.1) is 11.8 Å². The van der Waals surface area contributed by atoms with Crippen LogP contribution in [0.1, 0.15) is 27.7 Å². The summed E-state index contributed by atoms with van der Waals surface area (Å²) in [6, 6.07) is 7.60. The Morgan fingerprint density at radius 2 is 1.77 bits per heavy atom. The van der Waals surface area contributed by atoms with Crippen LogP contribution in [0.15, 0.2) is 29.4 Å². The van der Waals surface area contributed by atoms with Gasteiger partial charge in [0, 0.05) is 18.7 Å². The maximum Gasteiger partial charge on any atom is 0.233 e. The predicted octanol–water partition coefficient (Wildman–Crippen LogP) is 3.71. The molecule has 7 heteroatoms. The molecule has 0 spiro atoms. The number of H-pyrrole nitrogens is 1. The van der Waals surface area contributed by atoms with Crippen molar-refractivity contribution >= 4 is 17.7 Å². The second-order valence-electron chi connectivity index (χ2n) is 7.07. The number of carbonyl (C=O) groups is 1. The molecule has 1 aromatic heterocycles. The van der Waals surface area contributed by atoms with Crippen molar-refractivity contribution in [1.29, 1.82) is 0 Å². The summed E-state index contributed by atoms with van der Waals surface area (Å²) in [4.78, 5) is 19.0. The molecule has 0 bridgehead atoms. The topological polar surface area (TPSA) is 71.1 Å². The Kier molecular flexibility index (Phi) is 7.50. The Bertz CT molecular complexity index is 688. The molecule has 0 saturated heterocycles. The van der Waals surface area contributed by atoms with Crippen molar-refractivity contribution < 1.29 is 9.53 Å². The maximum atomic E-state index is 12.6. The molecule has 0 aliphatic heterocycles. The third-order valence-electron chi connectivity index (χ3n) is 3.68. The van der Waals surface area contributed by atoms with Crippen LogP contribution in [0.3, 0.4) is 0 Å². The van der Waals surface area contributed by atoms with Gasteiger partial charge < -0.3 is 9.64 Å². The molecule has 0 radical (unpaired) electrons. The van der Waals surface area contributed by atoms with E-state index in [2.05, 4.69) is 42.9 Å². The van der Waals surface area contributed by atoms with Gasteiger partial charge in [0.05, 0.1) is 12.9 Å². The molecule has 0 saturated carbocycles. The van der Waals surface area contributed by atoms with Gasteiger partial charge in [0.2, 0.25) is 11.1 Å². The second-order valence-corrected chi connectivity index (χ2v) is 8.01. The summed E-state index contributed by atoms with van der Waals surface area (Å²) in [5, 5.41) is 7.72. The van der Waals surface area contributed by atoms with Crippen molar-refractivity contribution in [1.82, 2.24) is 20.1 Å². The van der Waals surface area contributed by atoms with Crippen molar-refractivity contribution in [2.75, 3.05) is 26.0 Å². The summed E-state index contributed by atoms with van der Waals surface area (Å²) >= 11 is 1.36. The molecule has 0 unspecified atom stereocenters. The molecule has 0 aliphatic carbocycles. The molecule has 0 fully saturated rings. The number of carbonyl (C=O) groups excluding carboxylic acids is 1. The Morgan fingerprint density at radius 3 is 2.31 bits per heavy atom. The first-order chi connectivity index (χ1) is 12.4. The lowest BCUT2D eigenvalue weighted by atomic mass is 10.1. The molecule has 1 amide bonds. The normalized spacial score (nSPS) is 11.2. The van der Waals surface area contributed by atoms with Gasteiger partial charge in [-0.05, 0) is 36.1 Å². The van der Waals surface area contributed by atoms with E-state index < -0.39 is 0 Å². The lowest BCUT2D eigenvalue weighted by molar-refractivity contribution is -0.129. The minimum Gasteiger partial charge on any atom is -0.497 e. The fourth-order valence-electron chi connectivity index (χ4n) is 2.57. The Labute approximate surface area is 159 Å². The first-order valence-corrected chi connectivity index (χ1v) is 9.85. The molecule has 0 atom stereocenters. The first kappa shape index (κ1) is 20.3. The number of hydrogen-bond acceptors (Lipinski definition) is 5. The van der Waals surface area contributed by atoms with Gasteiger partial charge in [0.25, 0.3) is 0 Å². The van der Waals surface area contributed by atoms with E-state index in [0.717, 1.165) is 24.4 Å². The van der Waals surface area contributed by atoms with Crippen molar-refractivity contribution in [2.45, 2.75) is 32.9 Å². The number of rotatable bonds is 9. The fourth-order valence-corrected chi connectivity index (χ4v) is 3.27. The minimum absolute atomic E-state index is 0.133. The quantitative estimate of drug-likeness (QED) is 0.676. The largest absolute Gasteiger partial charge is 0.497 e. The van der Waals surface area contributed by atoms with Gasteiger partial charge in [0.1, 0.15) is 5.75 Å². The summed E-state index contributed by atoms with van der Waals surface area (Å²) in [5.41, 5.74) is 0.928. The number of thioether (sulfide) groups is 1. The number of aromatic nitrogens is 3. The summed E-state index contributed by atoms with van der Waals surface area (Å²) in [5.74, 6) is 2.86. The van der Waals surface area contributed by atoms with Gasteiger partial charge >= 0.3 is 0 Å². The van der Waals surface area contributed by atoms with Crippen LogP contribution in [-0.2, 0) is 4.79 Å². The number of aromatic amines is 1. The molecule has 0 aliphatic rings. The summed E-state index contributed by atoms with van der Waals surface area (Å²) < 4.78 is 5.16. The van der Waals surface area contributed by atoms with Crippen LogP contribution in [-0.4, -0.2) is 51.9 Å². The van der Waals surface area contributed by atoms with Crippen LogP contribution in [0.5, 0.6) is 5.75 Å². The molecule has 1 heterocycles. The van der Waals surface area contributed by atoms with E-state index in [9.17, 15) is 4.79 Å².